The van der Waals surface area contributed by atoms with Gasteiger partial charge < -0.3 is 29.9 Å². The van der Waals surface area contributed by atoms with Crippen LogP contribution in [0.1, 0.15) is 20.8 Å². The van der Waals surface area contributed by atoms with Gasteiger partial charge in [-0.2, -0.15) is 0 Å². The number of ether oxygens (including phenoxy) is 2. The van der Waals surface area contributed by atoms with E-state index in [1.54, 1.807) is 23.6 Å². The number of methoxy groups -OCH3 is 2. The molecule has 0 fully saturated rings. The Balaban J connectivity index is 0.000000620. The molecule has 0 bridgehead atoms. The Morgan fingerprint density at radius 2 is 1.71 bits per heavy atom. The van der Waals surface area contributed by atoms with Crippen LogP contribution >= 0.6 is 11.3 Å². The van der Waals surface area contributed by atoms with Crippen LogP contribution in [0.5, 0.6) is 11.5 Å². The van der Waals surface area contributed by atoms with E-state index in [1.807, 2.05) is 19.0 Å². The lowest BCUT2D eigenvalue weighted by molar-refractivity contribution is -0.134. The number of nitrogens with zero attached hydrogens (tertiary/aromatic N) is 2. The molecule has 13 heteroatoms. The Morgan fingerprint density at radius 3 is 2.24 bits per heavy atom. The molecule has 1 heterocycles. The molecular weight excluding hydrogens is 468 g/mol. The molecule has 184 valence electrons. The molecule has 2 aromatic rings. The first-order valence-corrected chi connectivity index (χ1v) is 10.5. The van der Waals surface area contributed by atoms with Crippen LogP contribution in [0.2, 0.25) is 0 Å². The zero-order chi connectivity index (χ0) is 25.7. The molecule has 2 amide bonds. The van der Waals surface area contributed by atoms with Crippen LogP contribution in [0.15, 0.2) is 35.7 Å². The molecular formula is C21H26N4O8S. The van der Waals surface area contributed by atoms with E-state index in [0.717, 1.165) is 6.54 Å². The summed E-state index contributed by atoms with van der Waals surface area (Å²) in [6, 6.07) is 4.90. The van der Waals surface area contributed by atoms with Crippen molar-refractivity contribution >= 4 is 40.2 Å². The highest BCUT2D eigenvalue weighted by atomic mass is 32.1. The quantitative estimate of drug-likeness (QED) is 0.355. The second-order valence-corrected chi connectivity index (χ2v) is 7.49. The van der Waals surface area contributed by atoms with Crippen LogP contribution in [0.4, 0.5) is 5.13 Å². The second-order valence-electron chi connectivity index (χ2n) is 6.63. The highest BCUT2D eigenvalue weighted by Crippen LogP contribution is 2.26. The fraction of sp³-hybridized carbons (Fsp3) is 0.286. The molecule has 0 radical (unpaired) electrons. The Bertz CT molecular complexity index is 1020. The Labute approximate surface area is 199 Å². The van der Waals surface area contributed by atoms with Crippen molar-refractivity contribution in [2.24, 2.45) is 0 Å². The van der Waals surface area contributed by atoms with Crippen LogP contribution < -0.4 is 20.1 Å². The Morgan fingerprint density at radius 1 is 1.06 bits per heavy atom. The van der Waals surface area contributed by atoms with Crippen molar-refractivity contribution in [1.29, 1.82) is 0 Å². The van der Waals surface area contributed by atoms with Crippen molar-refractivity contribution in [3.05, 3.63) is 47.0 Å². The number of carbonyl (C=O) groups is 4. The van der Waals surface area contributed by atoms with Gasteiger partial charge in [-0.1, -0.05) is 0 Å². The van der Waals surface area contributed by atoms with Gasteiger partial charge >= 0.3 is 11.9 Å². The number of hydrogen-bond acceptors (Lipinski definition) is 9. The van der Waals surface area contributed by atoms with E-state index in [1.165, 1.54) is 25.6 Å². The van der Waals surface area contributed by atoms with Crippen molar-refractivity contribution in [3.8, 4) is 11.5 Å². The number of likely N-dealkylation sites (N-methyl/N-ethyl adjacent to an activating group) is 1. The first-order valence-electron chi connectivity index (χ1n) is 9.63. The largest absolute Gasteiger partial charge is 0.497 e. The molecule has 0 aliphatic carbocycles. The number of benzene rings is 1. The summed E-state index contributed by atoms with van der Waals surface area (Å²) in [6.45, 7) is 1.25. The molecule has 0 aliphatic heterocycles. The monoisotopic (exact) mass is 494 g/mol. The molecule has 2 rings (SSSR count). The second kappa shape index (κ2) is 14.2. The van der Waals surface area contributed by atoms with E-state index < -0.39 is 11.9 Å². The van der Waals surface area contributed by atoms with Crippen molar-refractivity contribution < 1.29 is 38.9 Å². The fourth-order valence-electron chi connectivity index (χ4n) is 2.21. The number of aliphatic carboxylic acids is 2. The normalized spacial score (nSPS) is 10.3. The number of amides is 2. The summed E-state index contributed by atoms with van der Waals surface area (Å²) in [7, 11) is 6.87. The maximum absolute atomic E-state index is 12.4. The molecule has 0 saturated carbocycles. The number of hydrogen-bond donors (Lipinski definition) is 4. The topological polar surface area (TPSA) is 167 Å². The van der Waals surface area contributed by atoms with Gasteiger partial charge in [0.1, 0.15) is 17.2 Å². The van der Waals surface area contributed by atoms with Gasteiger partial charge in [-0.25, -0.2) is 14.6 Å². The number of nitrogens with one attached hydrogen (secondary N) is 2. The molecule has 12 nitrogen and oxygen atoms in total. The Hall–Kier alpha value is -3.97. The predicted molar refractivity (Wildman–Crippen MR) is 125 cm³/mol. The van der Waals surface area contributed by atoms with Crippen molar-refractivity contribution in [3.63, 3.8) is 0 Å². The maximum atomic E-state index is 12.4. The minimum Gasteiger partial charge on any atom is -0.497 e. The minimum atomic E-state index is -1.26. The molecule has 4 N–H and O–H groups in total. The molecule has 1 aromatic heterocycles. The van der Waals surface area contributed by atoms with Gasteiger partial charge in [0.2, 0.25) is 0 Å². The number of thiazole rings is 1. The average molecular weight is 495 g/mol. The number of aromatic nitrogens is 1. The summed E-state index contributed by atoms with van der Waals surface area (Å²) >= 11 is 1.18. The number of carbonyl (C=O) groups excluding carboxylic acids is 2. The predicted octanol–water partition coefficient (Wildman–Crippen LogP) is 1.42. The fourth-order valence-corrected chi connectivity index (χ4v) is 2.90. The molecule has 0 aliphatic rings. The molecule has 0 atom stereocenters. The van der Waals surface area contributed by atoms with Gasteiger partial charge in [0.15, 0.2) is 5.13 Å². The van der Waals surface area contributed by atoms with Gasteiger partial charge in [-0.3, -0.25) is 14.9 Å². The summed E-state index contributed by atoms with van der Waals surface area (Å²) in [5.41, 5.74) is 0.617. The number of rotatable bonds is 10. The third-order valence-electron chi connectivity index (χ3n) is 3.82. The number of carboxylic acids is 2. The van der Waals surface area contributed by atoms with Crippen LogP contribution in [0.25, 0.3) is 0 Å². The van der Waals surface area contributed by atoms with E-state index in [0.29, 0.717) is 40.9 Å². The maximum Gasteiger partial charge on any atom is 0.328 e. The standard InChI is InChI=1S/C17H22N4O4S.C4H4O4/c1-21(2)8-7-18-16(23)13-10-26-17(19-13)20-15(22)12-6-5-11(24-3)9-14(12)25-4;5-3(6)1-2-4(7)8/h5-6,9-10H,7-8H2,1-4H3,(H,18,23)(H,19,20,22);1-2H,(H,5,6)(H,7,8)/b;2-1-. The summed E-state index contributed by atoms with van der Waals surface area (Å²) < 4.78 is 10.3. The van der Waals surface area contributed by atoms with Crippen molar-refractivity contribution in [2.45, 2.75) is 0 Å². The summed E-state index contributed by atoms with van der Waals surface area (Å²) in [5.74, 6) is -2.19. The summed E-state index contributed by atoms with van der Waals surface area (Å²) in [5, 5.41) is 23.0. The Kier molecular flexibility index (Phi) is 11.7. The lowest BCUT2D eigenvalue weighted by Gasteiger charge is -2.10. The molecule has 34 heavy (non-hydrogen) atoms. The van der Waals surface area contributed by atoms with E-state index in [-0.39, 0.29) is 17.5 Å². The first-order chi connectivity index (χ1) is 16.1. The van der Waals surface area contributed by atoms with Gasteiger partial charge in [0.25, 0.3) is 11.8 Å². The number of carboxylic acid groups (broad SMARTS) is 2. The van der Waals surface area contributed by atoms with Gasteiger partial charge in [0.05, 0.1) is 19.8 Å². The zero-order valence-electron chi connectivity index (χ0n) is 19.0. The summed E-state index contributed by atoms with van der Waals surface area (Å²) in [4.78, 5) is 49.7. The molecule has 0 spiro atoms. The van der Waals surface area contributed by atoms with Crippen LogP contribution in [-0.2, 0) is 9.59 Å². The van der Waals surface area contributed by atoms with Gasteiger partial charge in [0, 0.05) is 36.7 Å². The number of anilines is 1. The highest BCUT2D eigenvalue weighted by molar-refractivity contribution is 7.14. The van der Waals surface area contributed by atoms with Crippen LogP contribution in [-0.4, -0.2) is 85.3 Å². The molecule has 1 aromatic carbocycles. The van der Waals surface area contributed by atoms with Crippen LogP contribution in [0.3, 0.4) is 0 Å². The van der Waals surface area contributed by atoms with Crippen molar-refractivity contribution in [2.75, 3.05) is 46.7 Å². The van der Waals surface area contributed by atoms with E-state index in [2.05, 4.69) is 15.6 Å². The average Bonchev–Trinajstić information content (AvgIpc) is 3.25. The SMILES string of the molecule is COc1ccc(C(=O)Nc2nc(C(=O)NCCN(C)C)cs2)c(OC)c1.O=C(O)/C=C\C(=O)O. The molecule has 0 saturated heterocycles. The third kappa shape index (κ3) is 10.1. The lowest BCUT2D eigenvalue weighted by atomic mass is 10.2. The van der Waals surface area contributed by atoms with E-state index >= 15 is 0 Å². The highest BCUT2D eigenvalue weighted by Gasteiger charge is 2.16. The van der Waals surface area contributed by atoms with E-state index in [9.17, 15) is 19.2 Å². The zero-order valence-corrected chi connectivity index (χ0v) is 19.8. The minimum absolute atomic E-state index is 0.269. The van der Waals surface area contributed by atoms with E-state index in [4.69, 9.17) is 19.7 Å². The van der Waals surface area contributed by atoms with Crippen LogP contribution in [0, 0.1) is 0 Å². The van der Waals surface area contributed by atoms with Crippen molar-refractivity contribution in [1.82, 2.24) is 15.2 Å². The smallest absolute Gasteiger partial charge is 0.328 e. The molecule has 0 unspecified atom stereocenters. The van der Waals surface area contributed by atoms with Gasteiger partial charge in [-0.05, 0) is 26.2 Å². The lowest BCUT2D eigenvalue weighted by Crippen LogP contribution is -2.31. The van der Waals surface area contributed by atoms with Gasteiger partial charge in [-0.15, -0.1) is 11.3 Å². The summed E-state index contributed by atoms with van der Waals surface area (Å²) in [6.07, 6.45) is 1.12. The first kappa shape index (κ1) is 28.1. The third-order valence-corrected chi connectivity index (χ3v) is 4.58.